The van der Waals surface area contributed by atoms with Gasteiger partial charge in [-0.05, 0) is 25.0 Å². The normalized spacial score (nSPS) is 12.2. The van der Waals surface area contributed by atoms with Crippen LogP contribution in [0.25, 0.3) is 0 Å². The van der Waals surface area contributed by atoms with Crippen LogP contribution in [-0.2, 0) is 11.2 Å². The molecule has 1 atom stereocenters. The average molecular weight is 327 g/mol. The molecule has 21 heavy (non-hydrogen) atoms. The second-order valence-electron chi connectivity index (χ2n) is 4.44. The summed E-state index contributed by atoms with van der Waals surface area (Å²) >= 11 is 0. The predicted octanol–water partition coefficient (Wildman–Crippen LogP) is 2.40. The van der Waals surface area contributed by atoms with Crippen LogP contribution in [0.3, 0.4) is 0 Å². The third-order valence-electron chi connectivity index (χ3n) is 2.42. The van der Waals surface area contributed by atoms with Gasteiger partial charge in [-0.15, -0.1) is 25.6 Å². The van der Waals surface area contributed by atoms with Crippen LogP contribution in [0.2, 0.25) is 0 Å². The van der Waals surface area contributed by atoms with Crippen LogP contribution >= 0.6 is 12.4 Å². The van der Waals surface area contributed by atoms with Crippen molar-refractivity contribution in [2.24, 2.45) is 5.73 Å². The number of para-hydroxylation sites is 1. The van der Waals surface area contributed by atoms with Gasteiger partial charge in [-0.3, -0.25) is 4.79 Å². The van der Waals surface area contributed by atoms with E-state index in [4.69, 9.17) is 5.73 Å². The van der Waals surface area contributed by atoms with E-state index in [0.717, 1.165) is 0 Å². The van der Waals surface area contributed by atoms with E-state index in [1.807, 2.05) is 0 Å². The minimum atomic E-state index is -4.73. The molecule has 1 aromatic rings. The van der Waals surface area contributed by atoms with Gasteiger partial charge >= 0.3 is 6.36 Å². The number of rotatable bonds is 6. The second-order valence-corrected chi connectivity index (χ2v) is 4.44. The lowest BCUT2D eigenvalue weighted by Crippen LogP contribution is -2.31. The van der Waals surface area contributed by atoms with E-state index in [0.29, 0.717) is 5.56 Å². The van der Waals surface area contributed by atoms with Crippen molar-refractivity contribution in [3.05, 3.63) is 29.8 Å². The van der Waals surface area contributed by atoms with Gasteiger partial charge in [0.1, 0.15) is 5.75 Å². The van der Waals surface area contributed by atoms with Crippen LogP contribution in [0.5, 0.6) is 5.75 Å². The van der Waals surface area contributed by atoms with E-state index in [2.05, 4.69) is 10.1 Å². The first kappa shape index (κ1) is 19.5. The molecule has 1 rings (SSSR count). The molecule has 3 N–H and O–H groups in total. The summed E-state index contributed by atoms with van der Waals surface area (Å²) in [6.07, 6.45) is -4.30. The van der Waals surface area contributed by atoms with Crippen LogP contribution in [-0.4, -0.2) is 24.9 Å². The van der Waals surface area contributed by atoms with Gasteiger partial charge in [-0.25, -0.2) is 0 Å². The van der Waals surface area contributed by atoms with Crippen LogP contribution in [0.1, 0.15) is 18.9 Å². The fraction of sp³-hybridized carbons (Fsp3) is 0.462. The zero-order chi connectivity index (χ0) is 15.2. The smallest absolute Gasteiger partial charge is 0.406 e. The maximum Gasteiger partial charge on any atom is 0.573 e. The minimum Gasteiger partial charge on any atom is -0.406 e. The van der Waals surface area contributed by atoms with Gasteiger partial charge in [0.15, 0.2) is 0 Å². The molecule has 0 aliphatic carbocycles. The van der Waals surface area contributed by atoms with Crippen LogP contribution in [0, 0.1) is 0 Å². The number of benzene rings is 1. The second kappa shape index (κ2) is 8.74. The molecule has 120 valence electrons. The Balaban J connectivity index is 0.00000400. The summed E-state index contributed by atoms with van der Waals surface area (Å²) in [5.74, 6) is -0.476. The maximum absolute atomic E-state index is 12.2. The molecule has 0 aromatic heterocycles. The monoisotopic (exact) mass is 326 g/mol. The highest BCUT2D eigenvalue weighted by molar-refractivity contribution is 5.85. The third kappa shape index (κ3) is 8.41. The van der Waals surface area contributed by atoms with Gasteiger partial charge in [-0.1, -0.05) is 18.2 Å². The molecule has 1 unspecified atom stereocenters. The summed E-state index contributed by atoms with van der Waals surface area (Å²) in [5, 5.41) is 2.60. The molecule has 8 heteroatoms. The number of hydrogen-bond acceptors (Lipinski definition) is 3. The van der Waals surface area contributed by atoms with Crippen molar-refractivity contribution in [3.8, 4) is 5.75 Å². The first-order chi connectivity index (χ1) is 9.28. The fourth-order valence-corrected chi connectivity index (χ4v) is 1.64. The lowest BCUT2D eigenvalue weighted by molar-refractivity contribution is -0.274. The SMILES string of the molecule is CC(N)CC(=O)NCCc1ccccc1OC(F)(F)F.Cl. The number of carbonyl (C=O) groups is 1. The molecule has 0 fully saturated rings. The maximum atomic E-state index is 12.2. The Morgan fingerprint density at radius 2 is 2.00 bits per heavy atom. The van der Waals surface area contributed by atoms with E-state index in [9.17, 15) is 18.0 Å². The van der Waals surface area contributed by atoms with Gasteiger partial charge in [0, 0.05) is 19.0 Å². The third-order valence-corrected chi connectivity index (χ3v) is 2.42. The number of alkyl halides is 3. The van der Waals surface area contributed by atoms with E-state index in [1.165, 1.54) is 18.2 Å². The Morgan fingerprint density at radius 3 is 2.57 bits per heavy atom. The van der Waals surface area contributed by atoms with Crippen molar-refractivity contribution in [2.75, 3.05) is 6.54 Å². The molecule has 0 saturated carbocycles. The van der Waals surface area contributed by atoms with Gasteiger partial charge in [0.05, 0.1) is 0 Å². The van der Waals surface area contributed by atoms with Crippen LogP contribution in [0.4, 0.5) is 13.2 Å². The Hall–Kier alpha value is -1.47. The fourth-order valence-electron chi connectivity index (χ4n) is 1.64. The number of halogens is 4. The number of carbonyl (C=O) groups excluding carboxylic acids is 1. The molecule has 1 aromatic carbocycles. The van der Waals surface area contributed by atoms with Crippen molar-refractivity contribution in [1.29, 1.82) is 0 Å². The molecule has 0 bridgehead atoms. The Bertz CT molecular complexity index is 453. The molecule has 4 nitrogen and oxygen atoms in total. The molecule has 0 saturated heterocycles. The van der Waals surface area contributed by atoms with Crippen molar-refractivity contribution in [3.63, 3.8) is 0 Å². The first-order valence-electron chi connectivity index (χ1n) is 6.14. The summed E-state index contributed by atoms with van der Waals surface area (Å²) in [7, 11) is 0. The summed E-state index contributed by atoms with van der Waals surface area (Å²) in [4.78, 5) is 11.4. The van der Waals surface area contributed by atoms with Crippen molar-refractivity contribution in [1.82, 2.24) is 5.32 Å². The number of hydrogen-bond donors (Lipinski definition) is 2. The lowest BCUT2D eigenvalue weighted by atomic mass is 10.1. The van der Waals surface area contributed by atoms with Crippen LogP contribution in [0.15, 0.2) is 24.3 Å². The molecular formula is C13H18ClF3N2O2. The molecule has 0 aliphatic rings. The standard InChI is InChI=1S/C13H17F3N2O2.ClH/c1-9(17)8-12(19)18-7-6-10-4-2-3-5-11(10)20-13(14,15)16;/h2-5,9H,6-8,17H2,1H3,(H,18,19);1H. The number of amides is 1. The van der Waals surface area contributed by atoms with E-state index < -0.39 is 6.36 Å². The highest BCUT2D eigenvalue weighted by Gasteiger charge is 2.31. The first-order valence-corrected chi connectivity index (χ1v) is 6.14. The lowest BCUT2D eigenvalue weighted by Gasteiger charge is -2.13. The van der Waals surface area contributed by atoms with Gasteiger partial charge in [0.2, 0.25) is 5.91 Å². The van der Waals surface area contributed by atoms with Gasteiger partial charge < -0.3 is 15.8 Å². The molecule has 0 radical (unpaired) electrons. The van der Waals surface area contributed by atoms with Gasteiger partial charge in [0.25, 0.3) is 0 Å². The topological polar surface area (TPSA) is 64.4 Å². The summed E-state index contributed by atoms with van der Waals surface area (Å²) in [6, 6.07) is 5.59. The quantitative estimate of drug-likeness (QED) is 0.843. The predicted molar refractivity (Wildman–Crippen MR) is 75.4 cm³/mol. The molecular weight excluding hydrogens is 309 g/mol. The van der Waals surface area contributed by atoms with Gasteiger partial charge in [-0.2, -0.15) is 0 Å². The Labute approximate surface area is 127 Å². The largest absolute Gasteiger partial charge is 0.573 e. The zero-order valence-electron chi connectivity index (χ0n) is 11.4. The van der Waals surface area contributed by atoms with E-state index in [1.54, 1.807) is 13.0 Å². The summed E-state index contributed by atoms with van der Waals surface area (Å²) in [5.41, 5.74) is 5.84. The van der Waals surface area contributed by atoms with Crippen molar-refractivity contribution >= 4 is 18.3 Å². The Kier molecular flexibility index (Phi) is 8.12. The highest BCUT2D eigenvalue weighted by Crippen LogP contribution is 2.26. The molecule has 0 heterocycles. The Morgan fingerprint density at radius 1 is 1.38 bits per heavy atom. The van der Waals surface area contributed by atoms with Crippen molar-refractivity contribution < 1.29 is 22.7 Å². The van der Waals surface area contributed by atoms with Crippen LogP contribution < -0.4 is 15.8 Å². The molecule has 0 aliphatic heterocycles. The highest BCUT2D eigenvalue weighted by atomic mass is 35.5. The molecule has 1 amide bonds. The molecule has 0 spiro atoms. The zero-order valence-corrected chi connectivity index (χ0v) is 12.3. The minimum absolute atomic E-state index is 0. The van der Waals surface area contributed by atoms with E-state index in [-0.39, 0.29) is 49.5 Å². The summed E-state index contributed by atoms with van der Waals surface area (Å²) in [6.45, 7) is 1.93. The summed E-state index contributed by atoms with van der Waals surface area (Å²) < 4.78 is 40.6. The number of nitrogens with two attached hydrogens (primary N) is 1. The van der Waals surface area contributed by atoms with Crippen molar-refractivity contribution in [2.45, 2.75) is 32.2 Å². The van der Waals surface area contributed by atoms with E-state index >= 15 is 0 Å². The number of nitrogens with one attached hydrogen (secondary N) is 1. The average Bonchev–Trinajstić information content (AvgIpc) is 2.28. The number of ether oxygens (including phenoxy) is 1.